The predicted octanol–water partition coefficient (Wildman–Crippen LogP) is 3.29. The molecule has 4 rings (SSSR count). The number of aromatic nitrogens is 4. The van der Waals surface area contributed by atoms with Crippen molar-refractivity contribution in [2.45, 2.75) is 25.2 Å². The van der Waals surface area contributed by atoms with Gasteiger partial charge in [0.25, 0.3) is 0 Å². The van der Waals surface area contributed by atoms with Gasteiger partial charge in [-0.15, -0.1) is 0 Å². The molecule has 1 fully saturated rings. The molecule has 0 spiro atoms. The number of benzene rings is 1. The molecule has 1 aliphatic rings. The van der Waals surface area contributed by atoms with Gasteiger partial charge in [0.1, 0.15) is 5.82 Å². The van der Waals surface area contributed by atoms with Crippen molar-refractivity contribution in [3.05, 3.63) is 66.2 Å². The van der Waals surface area contributed by atoms with Crippen molar-refractivity contribution in [2.75, 3.05) is 19.6 Å². The molecule has 1 unspecified atom stereocenters. The Kier molecular flexibility index (Phi) is 4.84. The summed E-state index contributed by atoms with van der Waals surface area (Å²) in [5.41, 5.74) is 2.37. The summed E-state index contributed by atoms with van der Waals surface area (Å²) in [5.74, 6) is 2.25. The quantitative estimate of drug-likeness (QED) is 0.778. The van der Waals surface area contributed by atoms with E-state index in [1.54, 1.807) is 0 Å². The normalized spacial score (nSPS) is 18.3. The van der Waals surface area contributed by atoms with Crippen LogP contribution >= 0.6 is 0 Å². The lowest BCUT2D eigenvalue weighted by molar-refractivity contribution is 0.206. The van der Waals surface area contributed by atoms with E-state index in [0.29, 0.717) is 5.92 Å². The van der Waals surface area contributed by atoms with E-state index in [2.05, 4.69) is 26.1 Å². The van der Waals surface area contributed by atoms with Crippen molar-refractivity contribution in [1.29, 1.82) is 0 Å². The van der Waals surface area contributed by atoms with Crippen LogP contribution in [-0.2, 0) is 6.42 Å². The summed E-state index contributed by atoms with van der Waals surface area (Å²) in [6.45, 7) is 3.28. The van der Waals surface area contributed by atoms with Gasteiger partial charge in [-0.25, -0.2) is 4.98 Å². The summed E-state index contributed by atoms with van der Waals surface area (Å²) in [5, 5.41) is 7.59. The first kappa shape index (κ1) is 16.0. The van der Waals surface area contributed by atoms with Gasteiger partial charge >= 0.3 is 0 Å². The number of nitrogens with zero attached hydrogens (tertiary/aromatic N) is 4. The van der Waals surface area contributed by atoms with Gasteiger partial charge < -0.3 is 4.90 Å². The lowest BCUT2D eigenvalue weighted by atomic mass is 9.97. The first-order chi connectivity index (χ1) is 12.4. The Morgan fingerprint density at radius 1 is 1.12 bits per heavy atom. The third kappa shape index (κ3) is 3.94. The topological polar surface area (TPSA) is 57.7 Å². The summed E-state index contributed by atoms with van der Waals surface area (Å²) in [6.07, 6.45) is 7.22. The smallest absolute Gasteiger partial charge is 0.181 e. The highest BCUT2D eigenvalue weighted by atomic mass is 15.2. The van der Waals surface area contributed by atoms with Crippen LogP contribution in [-0.4, -0.2) is 44.7 Å². The zero-order chi connectivity index (χ0) is 16.9. The SMILES string of the molecule is c1ccc(-c2n[nH]c(C3CCCN(CCc4cccnc4)C3)n2)cc1. The second-order valence-electron chi connectivity index (χ2n) is 6.66. The monoisotopic (exact) mass is 333 g/mol. The molecule has 1 aromatic carbocycles. The van der Waals surface area contributed by atoms with E-state index in [0.717, 1.165) is 43.3 Å². The average molecular weight is 333 g/mol. The summed E-state index contributed by atoms with van der Waals surface area (Å²) < 4.78 is 0. The number of hydrogen-bond acceptors (Lipinski definition) is 4. The summed E-state index contributed by atoms with van der Waals surface area (Å²) in [6, 6.07) is 14.3. The van der Waals surface area contributed by atoms with E-state index >= 15 is 0 Å². The van der Waals surface area contributed by atoms with Crippen LogP contribution in [0.25, 0.3) is 11.4 Å². The Bertz CT molecular complexity index is 784. The molecule has 5 nitrogen and oxygen atoms in total. The largest absolute Gasteiger partial charge is 0.302 e. The predicted molar refractivity (Wildman–Crippen MR) is 98.2 cm³/mol. The number of nitrogens with one attached hydrogen (secondary N) is 1. The zero-order valence-corrected chi connectivity index (χ0v) is 14.3. The molecule has 1 aliphatic heterocycles. The average Bonchev–Trinajstić information content (AvgIpc) is 3.18. The number of rotatable bonds is 5. The molecular formula is C20H23N5. The molecule has 25 heavy (non-hydrogen) atoms. The number of likely N-dealkylation sites (tertiary alicyclic amines) is 1. The highest BCUT2D eigenvalue weighted by Crippen LogP contribution is 2.26. The second-order valence-corrected chi connectivity index (χ2v) is 6.66. The van der Waals surface area contributed by atoms with Gasteiger partial charge in [0.15, 0.2) is 5.82 Å². The molecule has 3 heterocycles. The van der Waals surface area contributed by atoms with Gasteiger partial charge in [-0.2, -0.15) is 5.10 Å². The standard InChI is InChI=1S/C20H23N5/c1-2-7-17(8-3-1)19-22-20(24-23-19)18-9-5-12-25(15-18)13-10-16-6-4-11-21-14-16/h1-4,6-8,11,14,18H,5,9-10,12-13,15H2,(H,22,23,24). The molecule has 0 saturated carbocycles. The summed E-state index contributed by atoms with van der Waals surface area (Å²) in [4.78, 5) is 11.5. The van der Waals surface area contributed by atoms with E-state index in [4.69, 9.17) is 4.98 Å². The third-order valence-corrected chi connectivity index (χ3v) is 4.87. The summed E-state index contributed by atoms with van der Waals surface area (Å²) >= 11 is 0. The minimum absolute atomic E-state index is 0.438. The van der Waals surface area contributed by atoms with Gasteiger partial charge in [0, 0.05) is 37.0 Å². The van der Waals surface area contributed by atoms with Crippen LogP contribution in [0.5, 0.6) is 0 Å². The van der Waals surface area contributed by atoms with Gasteiger partial charge in [-0.05, 0) is 37.4 Å². The van der Waals surface area contributed by atoms with Crippen LogP contribution in [0.15, 0.2) is 54.9 Å². The Morgan fingerprint density at radius 3 is 2.88 bits per heavy atom. The molecule has 3 aromatic rings. The Balaban J connectivity index is 1.39. The van der Waals surface area contributed by atoms with Crippen LogP contribution in [0, 0.1) is 0 Å². The van der Waals surface area contributed by atoms with Crippen molar-refractivity contribution in [3.8, 4) is 11.4 Å². The highest BCUT2D eigenvalue weighted by Gasteiger charge is 2.24. The minimum Gasteiger partial charge on any atom is -0.302 e. The van der Waals surface area contributed by atoms with E-state index in [1.165, 1.54) is 18.4 Å². The molecule has 2 aromatic heterocycles. The van der Waals surface area contributed by atoms with Gasteiger partial charge in [0.2, 0.25) is 0 Å². The number of pyridine rings is 1. The number of piperidine rings is 1. The van der Waals surface area contributed by atoms with Crippen molar-refractivity contribution in [1.82, 2.24) is 25.1 Å². The maximum atomic E-state index is 4.75. The Hall–Kier alpha value is -2.53. The third-order valence-electron chi connectivity index (χ3n) is 4.87. The fourth-order valence-corrected chi connectivity index (χ4v) is 3.49. The van der Waals surface area contributed by atoms with Crippen LogP contribution in [0.2, 0.25) is 0 Å². The van der Waals surface area contributed by atoms with Gasteiger partial charge in [-0.1, -0.05) is 36.4 Å². The molecule has 1 atom stereocenters. The first-order valence-electron chi connectivity index (χ1n) is 8.97. The van der Waals surface area contributed by atoms with Crippen molar-refractivity contribution >= 4 is 0 Å². The Labute approximate surface area is 148 Å². The lowest BCUT2D eigenvalue weighted by Gasteiger charge is -2.31. The molecular weight excluding hydrogens is 310 g/mol. The minimum atomic E-state index is 0.438. The van der Waals surface area contributed by atoms with Crippen molar-refractivity contribution in [2.24, 2.45) is 0 Å². The molecule has 1 N–H and O–H groups in total. The summed E-state index contributed by atoms with van der Waals surface area (Å²) in [7, 11) is 0. The molecule has 128 valence electrons. The maximum absolute atomic E-state index is 4.75. The second kappa shape index (κ2) is 7.57. The molecule has 0 amide bonds. The molecule has 1 saturated heterocycles. The molecule has 0 radical (unpaired) electrons. The van der Waals surface area contributed by atoms with E-state index < -0.39 is 0 Å². The van der Waals surface area contributed by atoms with Crippen LogP contribution in [0.4, 0.5) is 0 Å². The number of H-pyrrole nitrogens is 1. The lowest BCUT2D eigenvalue weighted by Crippen LogP contribution is -2.36. The van der Waals surface area contributed by atoms with Crippen LogP contribution in [0.3, 0.4) is 0 Å². The Morgan fingerprint density at radius 2 is 2.04 bits per heavy atom. The van der Waals surface area contributed by atoms with Crippen molar-refractivity contribution in [3.63, 3.8) is 0 Å². The van der Waals surface area contributed by atoms with E-state index in [9.17, 15) is 0 Å². The fraction of sp³-hybridized carbons (Fsp3) is 0.350. The zero-order valence-electron chi connectivity index (χ0n) is 14.3. The first-order valence-corrected chi connectivity index (χ1v) is 8.97. The van der Waals surface area contributed by atoms with Gasteiger partial charge in [-0.3, -0.25) is 10.1 Å². The van der Waals surface area contributed by atoms with Crippen LogP contribution in [0.1, 0.15) is 30.1 Å². The van der Waals surface area contributed by atoms with E-state index in [1.807, 2.05) is 48.8 Å². The number of aromatic amines is 1. The van der Waals surface area contributed by atoms with Crippen LogP contribution < -0.4 is 0 Å². The number of hydrogen-bond donors (Lipinski definition) is 1. The van der Waals surface area contributed by atoms with Crippen molar-refractivity contribution < 1.29 is 0 Å². The molecule has 0 bridgehead atoms. The van der Waals surface area contributed by atoms with Gasteiger partial charge in [0.05, 0.1) is 0 Å². The van der Waals surface area contributed by atoms with E-state index in [-0.39, 0.29) is 0 Å². The maximum Gasteiger partial charge on any atom is 0.181 e. The highest BCUT2D eigenvalue weighted by molar-refractivity contribution is 5.53. The molecule has 5 heteroatoms. The fourth-order valence-electron chi connectivity index (χ4n) is 3.49. The molecule has 0 aliphatic carbocycles.